The van der Waals surface area contributed by atoms with Gasteiger partial charge in [0.1, 0.15) is 15.2 Å². The lowest BCUT2D eigenvalue weighted by Crippen LogP contribution is -2.25. The van der Waals surface area contributed by atoms with Crippen molar-refractivity contribution in [1.29, 1.82) is 0 Å². The van der Waals surface area contributed by atoms with Gasteiger partial charge in [0.25, 0.3) is 5.91 Å². The molecule has 24 heavy (non-hydrogen) atoms. The molecule has 5 nitrogen and oxygen atoms in total. The van der Waals surface area contributed by atoms with E-state index in [2.05, 4.69) is 15.3 Å². The average Bonchev–Trinajstić information content (AvgIpc) is 3.22. The molecule has 0 unspecified atom stereocenters. The van der Waals surface area contributed by atoms with E-state index in [0.29, 0.717) is 15.9 Å². The molecule has 124 valence electrons. The van der Waals surface area contributed by atoms with Crippen molar-refractivity contribution >= 4 is 28.8 Å². The van der Waals surface area contributed by atoms with Crippen molar-refractivity contribution in [2.75, 3.05) is 6.54 Å². The largest absolute Gasteiger partial charge is 0.351 e. The molecule has 0 atom stereocenters. The molecule has 1 N–H and O–H groups in total. The molecule has 0 radical (unpaired) electrons. The van der Waals surface area contributed by atoms with Crippen LogP contribution in [0.15, 0.2) is 43.0 Å². The van der Waals surface area contributed by atoms with Gasteiger partial charge in [0.2, 0.25) is 0 Å². The number of rotatable bonds is 6. The van der Waals surface area contributed by atoms with Crippen LogP contribution >= 0.6 is 22.9 Å². The number of imidazole rings is 1. The molecule has 0 saturated carbocycles. The van der Waals surface area contributed by atoms with Crippen molar-refractivity contribution in [3.63, 3.8) is 0 Å². The maximum Gasteiger partial charge on any atom is 0.272 e. The van der Waals surface area contributed by atoms with Gasteiger partial charge in [0.05, 0.1) is 6.33 Å². The number of aryl methyl sites for hydroxylation is 1. The van der Waals surface area contributed by atoms with E-state index >= 15 is 0 Å². The predicted molar refractivity (Wildman–Crippen MR) is 91.7 cm³/mol. The number of nitrogens with one attached hydrogen (secondary N) is 1. The summed E-state index contributed by atoms with van der Waals surface area (Å²) in [5.74, 6) is -0.632. The topological polar surface area (TPSA) is 59.8 Å². The zero-order chi connectivity index (χ0) is 16.9. The Hall–Kier alpha value is -2.25. The number of benzene rings is 1. The summed E-state index contributed by atoms with van der Waals surface area (Å²) in [5.41, 5.74) is 0.922. The van der Waals surface area contributed by atoms with Crippen LogP contribution in [0.3, 0.4) is 0 Å². The quantitative estimate of drug-likeness (QED) is 0.679. The SMILES string of the molecule is O=C(NCCCn1ccnc1)c1nc(-c2ccc(F)cc2)sc1Cl. The third-order valence-corrected chi connectivity index (χ3v) is 4.63. The van der Waals surface area contributed by atoms with Crippen LogP contribution in [-0.2, 0) is 6.54 Å². The Kier molecular flexibility index (Phi) is 5.22. The number of carbonyl (C=O) groups is 1. The number of aromatic nitrogens is 3. The molecule has 0 bridgehead atoms. The number of nitrogens with zero attached hydrogens (tertiary/aromatic N) is 3. The molecular weight excluding hydrogens is 351 g/mol. The Balaban J connectivity index is 1.59. The first-order valence-corrected chi connectivity index (χ1v) is 8.49. The van der Waals surface area contributed by atoms with E-state index in [0.717, 1.165) is 18.5 Å². The first kappa shape index (κ1) is 16.6. The smallest absolute Gasteiger partial charge is 0.272 e. The fraction of sp³-hybridized carbons (Fsp3) is 0.188. The summed E-state index contributed by atoms with van der Waals surface area (Å²) in [4.78, 5) is 20.4. The van der Waals surface area contributed by atoms with Crippen LogP contribution in [0.5, 0.6) is 0 Å². The molecule has 0 aliphatic heterocycles. The molecule has 8 heteroatoms. The molecule has 1 aromatic carbocycles. The van der Waals surface area contributed by atoms with Gasteiger partial charge in [-0.1, -0.05) is 11.6 Å². The van der Waals surface area contributed by atoms with Gasteiger partial charge in [-0.15, -0.1) is 11.3 Å². The molecule has 0 aliphatic rings. The monoisotopic (exact) mass is 364 g/mol. The van der Waals surface area contributed by atoms with Crippen molar-refractivity contribution < 1.29 is 9.18 Å². The number of carbonyl (C=O) groups excluding carboxylic acids is 1. The minimum absolute atomic E-state index is 0.198. The highest BCUT2D eigenvalue weighted by atomic mass is 35.5. The average molecular weight is 365 g/mol. The second-order valence-electron chi connectivity index (χ2n) is 5.06. The van der Waals surface area contributed by atoms with Crippen molar-refractivity contribution in [2.45, 2.75) is 13.0 Å². The number of hydrogen-bond acceptors (Lipinski definition) is 4. The summed E-state index contributed by atoms with van der Waals surface area (Å²) in [6, 6.07) is 5.91. The van der Waals surface area contributed by atoms with Crippen LogP contribution in [-0.4, -0.2) is 27.0 Å². The fourth-order valence-electron chi connectivity index (χ4n) is 2.12. The standard InChI is InChI=1S/C16H14ClFN4OS/c17-14-13(15(23)20-6-1-8-22-9-7-19-10-22)21-16(24-14)11-2-4-12(18)5-3-11/h2-5,7,9-10H,1,6,8H2,(H,20,23). The van der Waals surface area contributed by atoms with Crippen LogP contribution in [0.2, 0.25) is 4.34 Å². The Morgan fingerprint density at radius 3 is 2.83 bits per heavy atom. The molecule has 1 amide bonds. The lowest BCUT2D eigenvalue weighted by atomic mass is 10.2. The van der Waals surface area contributed by atoms with E-state index in [1.807, 2.05) is 10.8 Å². The van der Waals surface area contributed by atoms with Crippen LogP contribution in [0.4, 0.5) is 4.39 Å². The van der Waals surface area contributed by atoms with Crippen LogP contribution in [0.1, 0.15) is 16.9 Å². The second kappa shape index (κ2) is 7.55. The van der Waals surface area contributed by atoms with Crippen LogP contribution < -0.4 is 5.32 Å². The zero-order valence-corrected chi connectivity index (χ0v) is 14.1. The summed E-state index contributed by atoms with van der Waals surface area (Å²) in [6.07, 6.45) is 6.08. The number of amides is 1. The van der Waals surface area contributed by atoms with E-state index in [9.17, 15) is 9.18 Å². The highest BCUT2D eigenvalue weighted by Gasteiger charge is 2.17. The molecule has 0 aliphatic carbocycles. The summed E-state index contributed by atoms with van der Waals surface area (Å²) in [7, 11) is 0. The highest BCUT2D eigenvalue weighted by molar-refractivity contribution is 7.19. The Labute approximate surface area is 147 Å². The Morgan fingerprint density at radius 2 is 2.12 bits per heavy atom. The van der Waals surface area contributed by atoms with Gasteiger partial charge in [-0.3, -0.25) is 4.79 Å². The van der Waals surface area contributed by atoms with Crippen LogP contribution in [0.25, 0.3) is 10.6 Å². The Bertz CT molecular complexity index is 817. The Morgan fingerprint density at radius 1 is 1.33 bits per heavy atom. The molecule has 0 saturated heterocycles. The maximum atomic E-state index is 13.0. The molecule has 2 aromatic heterocycles. The third kappa shape index (κ3) is 3.98. The predicted octanol–water partition coefficient (Wildman–Crippen LogP) is 3.62. The summed E-state index contributed by atoms with van der Waals surface area (Å²) < 4.78 is 15.2. The zero-order valence-electron chi connectivity index (χ0n) is 12.6. The summed E-state index contributed by atoms with van der Waals surface area (Å²) >= 11 is 7.32. The van der Waals surface area contributed by atoms with E-state index in [4.69, 9.17) is 11.6 Å². The molecular formula is C16H14ClFN4OS. The molecule has 3 rings (SSSR count). The third-order valence-electron chi connectivity index (χ3n) is 3.33. The summed E-state index contributed by atoms with van der Waals surface area (Å²) in [5, 5.41) is 3.39. The number of hydrogen-bond donors (Lipinski definition) is 1. The van der Waals surface area contributed by atoms with E-state index in [-0.39, 0.29) is 17.4 Å². The van der Waals surface area contributed by atoms with Crippen LogP contribution in [0, 0.1) is 5.82 Å². The van der Waals surface area contributed by atoms with Crippen molar-refractivity contribution in [2.24, 2.45) is 0 Å². The maximum absolute atomic E-state index is 13.0. The molecule has 0 spiro atoms. The fourth-order valence-corrected chi connectivity index (χ4v) is 3.27. The summed E-state index contributed by atoms with van der Waals surface area (Å²) in [6.45, 7) is 1.28. The van der Waals surface area contributed by atoms with Gasteiger partial charge in [0, 0.05) is 31.0 Å². The van der Waals surface area contributed by atoms with Crippen molar-refractivity contribution in [1.82, 2.24) is 19.9 Å². The lowest BCUT2D eigenvalue weighted by Gasteiger charge is -2.04. The van der Waals surface area contributed by atoms with Crippen molar-refractivity contribution in [3.8, 4) is 10.6 Å². The first-order valence-electron chi connectivity index (χ1n) is 7.29. The number of halogens is 2. The van der Waals surface area contributed by atoms with E-state index in [1.54, 1.807) is 24.7 Å². The molecule has 3 aromatic rings. The van der Waals surface area contributed by atoms with Gasteiger partial charge in [-0.2, -0.15) is 0 Å². The van der Waals surface area contributed by atoms with E-state index < -0.39 is 0 Å². The van der Waals surface area contributed by atoms with Gasteiger partial charge in [0.15, 0.2) is 5.69 Å². The normalized spacial score (nSPS) is 10.8. The van der Waals surface area contributed by atoms with Gasteiger partial charge in [-0.05, 0) is 30.7 Å². The van der Waals surface area contributed by atoms with Gasteiger partial charge in [-0.25, -0.2) is 14.4 Å². The minimum atomic E-state index is -0.322. The van der Waals surface area contributed by atoms with E-state index in [1.165, 1.54) is 23.5 Å². The highest BCUT2D eigenvalue weighted by Crippen LogP contribution is 2.31. The first-order chi connectivity index (χ1) is 11.6. The second-order valence-corrected chi connectivity index (χ2v) is 6.66. The van der Waals surface area contributed by atoms with Gasteiger partial charge >= 0.3 is 0 Å². The van der Waals surface area contributed by atoms with Crippen molar-refractivity contribution in [3.05, 3.63) is 58.8 Å². The lowest BCUT2D eigenvalue weighted by molar-refractivity contribution is 0.0948. The molecule has 0 fully saturated rings. The minimum Gasteiger partial charge on any atom is -0.351 e. The molecule has 2 heterocycles. The number of thiazole rings is 1. The van der Waals surface area contributed by atoms with Gasteiger partial charge < -0.3 is 9.88 Å².